The molecular weight excluding hydrogens is 578 g/mol. The third-order valence-corrected chi connectivity index (χ3v) is 9.01. The molecule has 2 aliphatic rings. The Balaban J connectivity index is 1.22. The smallest absolute Gasteiger partial charge is 0.332 e. The number of hydrazine groups is 1. The maximum atomic E-state index is 14.4. The highest BCUT2D eigenvalue weighted by Crippen LogP contribution is 2.32. The molecule has 0 aliphatic carbocycles. The SMILES string of the molecule is CC(C)N(C(=O)NCc1ccccc1)N1CC(=O)N2[C@@H](Cc3ccc4occc4c3)C(=O)N(Cc3cccc4ccccc34)C[C@@H]21. The van der Waals surface area contributed by atoms with Gasteiger partial charge in [-0.05, 0) is 59.5 Å². The second-order valence-electron chi connectivity index (χ2n) is 12.3. The van der Waals surface area contributed by atoms with E-state index in [1.807, 2.05) is 96.6 Å². The lowest BCUT2D eigenvalue weighted by atomic mass is 9.98. The highest BCUT2D eigenvalue weighted by atomic mass is 16.3. The van der Waals surface area contributed by atoms with E-state index >= 15 is 0 Å². The van der Waals surface area contributed by atoms with Crippen LogP contribution in [-0.4, -0.2) is 69.0 Å². The number of furan rings is 1. The van der Waals surface area contributed by atoms with E-state index < -0.39 is 12.2 Å². The molecule has 9 nitrogen and oxygen atoms in total. The zero-order valence-corrected chi connectivity index (χ0v) is 26.0. The molecule has 1 aromatic heterocycles. The fourth-order valence-electron chi connectivity index (χ4n) is 6.87. The highest BCUT2D eigenvalue weighted by molar-refractivity contribution is 5.92. The lowest BCUT2D eigenvalue weighted by molar-refractivity contribution is -0.158. The van der Waals surface area contributed by atoms with Gasteiger partial charge in [0.2, 0.25) is 11.8 Å². The molecule has 2 saturated heterocycles. The van der Waals surface area contributed by atoms with Gasteiger partial charge in [0.25, 0.3) is 0 Å². The number of urea groups is 1. The second-order valence-corrected chi connectivity index (χ2v) is 12.3. The lowest BCUT2D eigenvalue weighted by Crippen LogP contribution is -2.66. The van der Waals surface area contributed by atoms with E-state index in [1.165, 1.54) is 0 Å². The van der Waals surface area contributed by atoms with Crippen LogP contribution in [0.1, 0.15) is 30.5 Å². The normalized spacial score (nSPS) is 18.5. The summed E-state index contributed by atoms with van der Waals surface area (Å²) in [5.41, 5.74) is 3.73. The van der Waals surface area contributed by atoms with E-state index in [1.54, 1.807) is 16.2 Å². The fraction of sp³-hybridized carbons (Fsp3) is 0.270. The van der Waals surface area contributed by atoms with Crippen LogP contribution in [0, 0.1) is 0 Å². The number of hydrogen-bond acceptors (Lipinski definition) is 5. The summed E-state index contributed by atoms with van der Waals surface area (Å²) in [5, 5.41) is 9.67. The van der Waals surface area contributed by atoms with E-state index in [0.29, 0.717) is 19.5 Å². The zero-order valence-electron chi connectivity index (χ0n) is 26.0. The van der Waals surface area contributed by atoms with Crippen LogP contribution in [0.25, 0.3) is 21.7 Å². The Labute approximate surface area is 267 Å². The van der Waals surface area contributed by atoms with Crippen molar-refractivity contribution in [1.82, 2.24) is 25.1 Å². The minimum absolute atomic E-state index is 0.00819. The van der Waals surface area contributed by atoms with Gasteiger partial charge in [-0.15, -0.1) is 0 Å². The van der Waals surface area contributed by atoms with Gasteiger partial charge in [-0.3, -0.25) is 14.6 Å². The van der Waals surface area contributed by atoms with Gasteiger partial charge in [-0.2, -0.15) is 5.01 Å². The van der Waals surface area contributed by atoms with Crippen molar-refractivity contribution >= 4 is 39.6 Å². The molecule has 5 aromatic rings. The minimum Gasteiger partial charge on any atom is -0.464 e. The summed E-state index contributed by atoms with van der Waals surface area (Å²) in [6.45, 7) is 4.92. The third kappa shape index (κ3) is 5.58. The summed E-state index contributed by atoms with van der Waals surface area (Å²) in [6, 6.07) is 30.6. The number of nitrogens with zero attached hydrogens (tertiary/aromatic N) is 4. The number of rotatable bonds is 8. The van der Waals surface area contributed by atoms with Crippen molar-refractivity contribution in [1.29, 1.82) is 0 Å². The molecule has 0 spiro atoms. The molecule has 2 fully saturated rings. The number of carbonyl (C=O) groups excluding carboxylic acids is 3. The quantitative estimate of drug-likeness (QED) is 0.248. The van der Waals surface area contributed by atoms with E-state index in [2.05, 4.69) is 29.6 Å². The predicted molar refractivity (Wildman–Crippen MR) is 176 cm³/mol. The zero-order chi connectivity index (χ0) is 31.8. The van der Waals surface area contributed by atoms with Gasteiger partial charge < -0.3 is 19.5 Å². The largest absolute Gasteiger partial charge is 0.464 e. The van der Waals surface area contributed by atoms with Crippen LogP contribution in [0.2, 0.25) is 0 Å². The molecule has 7 rings (SSSR count). The first-order valence-electron chi connectivity index (χ1n) is 15.8. The van der Waals surface area contributed by atoms with E-state index in [9.17, 15) is 14.4 Å². The Morgan fingerprint density at radius 2 is 1.70 bits per heavy atom. The molecule has 1 N–H and O–H groups in total. The molecule has 0 bridgehead atoms. The Morgan fingerprint density at radius 1 is 0.913 bits per heavy atom. The van der Waals surface area contributed by atoms with Crippen LogP contribution in [0.3, 0.4) is 0 Å². The lowest BCUT2D eigenvalue weighted by Gasteiger charge is -2.47. The molecular formula is C37H37N5O4. The molecule has 0 unspecified atom stereocenters. The van der Waals surface area contributed by atoms with Crippen LogP contribution in [0.4, 0.5) is 4.79 Å². The minimum atomic E-state index is -0.725. The van der Waals surface area contributed by atoms with E-state index in [-0.39, 0.29) is 37.0 Å². The first-order chi connectivity index (χ1) is 22.4. The van der Waals surface area contributed by atoms with Gasteiger partial charge >= 0.3 is 6.03 Å². The molecule has 0 saturated carbocycles. The van der Waals surface area contributed by atoms with Gasteiger partial charge in [0.1, 0.15) is 17.8 Å². The number of benzene rings is 4. The average Bonchev–Trinajstić information content (AvgIpc) is 3.66. The van der Waals surface area contributed by atoms with Crippen molar-refractivity contribution in [3.63, 3.8) is 0 Å². The molecule has 234 valence electrons. The van der Waals surface area contributed by atoms with Gasteiger partial charge in [-0.25, -0.2) is 4.79 Å². The molecule has 2 aliphatic heterocycles. The van der Waals surface area contributed by atoms with Gasteiger partial charge in [0, 0.05) is 30.9 Å². The van der Waals surface area contributed by atoms with Crippen LogP contribution in [0.5, 0.6) is 0 Å². The monoisotopic (exact) mass is 615 g/mol. The summed E-state index contributed by atoms with van der Waals surface area (Å²) in [4.78, 5) is 45.5. The van der Waals surface area contributed by atoms with Crippen LogP contribution in [0.15, 0.2) is 108 Å². The summed E-state index contributed by atoms with van der Waals surface area (Å²) >= 11 is 0. The maximum absolute atomic E-state index is 14.4. The third-order valence-electron chi connectivity index (χ3n) is 9.01. The number of fused-ring (bicyclic) bond motifs is 3. The summed E-state index contributed by atoms with van der Waals surface area (Å²) in [7, 11) is 0. The van der Waals surface area contributed by atoms with Crippen molar-refractivity contribution in [2.24, 2.45) is 0 Å². The Bertz CT molecular complexity index is 1900. The molecule has 0 radical (unpaired) electrons. The number of piperazine rings is 1. The van der Waals surface area contributed by atoms with Crippen molar-refractivity contribution in [3.05, 3.63) is 120 Å². The average molecular weight is 616 g/mol. The van der Waals surface area contributed by atoms with Crippen molar-refractivity contribution in [2.45, 2.75) is 51.6 Å². The number of nitrogens with one attached hydrogen (secondary N) is 1. The van der Waals surface area contributed by atoms with E-state index in [0.717, 1.165) is 38.4 Å². The van der Waals surface area contributed by atoms with Crippen molar-refractivity contribution in [2.75, 3.05) is 13.1 Å². The number of carbonyl (C=O) groups is 3. The number of amides is 4. The fourth-order valence-corrected chi connectivity index (χ4v) is 6.87. The van der Waals surface area contributed by atoms with Gasteiger partial charge in [0.15, 0.2) is 0 Å². The summed E-state index contributed by atoms with van der Waals surface area (Å²) < 4.78 is 5.53. The molecule has 2 atom stereocenters. The Kier molecular flexibility index (Phi) is 7.92. The van der Waals surface area contributed by atoms with Crippen LogP contribution >= 0.6 is 0 Å². The van der Waals surface area contributed by atoms with Crippen LogP contribution in [-0.2, 0) is 29.1 Å². The standard InChI is InChI=1S/C37H37N5O4/c1-25(2)42(37(45)38-21-26-9-4-3-5-10-26)40-24-35(43)41-32(20-27-15-16-33-29(19-27)17-18-46-33)36(44)39(23-34(40)41)22-30-13-8-12-28-11-6-7-14-31(28)30/h3-19,25,32,34H,20-24H2,1-2H3,(H,38,45)/t32-,34+/m0/s1. The first kappa shape index (κ1) is 29.6. The Morgan fingerprint density at radius 3 is 2.52 bits per heavy atom. The highest BCUT2D eigenvalue weighted by Gasteiger charge is 2.52. The summed E-state index contributed by atoms with van der Waals surface area (Å²) in [6.07, 6.45) is 1.49. The Hall–Kier alpha value is -5.15. The molecule has 4 aromatic carbocycles. The summed E-state index contributed by atoms with van der Waals surface area (Å²) in [5.74, 6) is -0.268. The van der Waals surface area contributed by atoms with Crippen molar-refractivity contribution in [3.8, 4) is 0 Å². The molecule has 3 heterocycles. The van der Waals surface area contributed by atoms with Gasteiger partial charge in [-0.1, -0.05) is 78.9 Å². The molecule has 46 heavy (non-hydrogen) atoms. The second kappa shape index (κ2) is 12.3. The number of hydrogen-bond donors (Lipinski definition) is 1. The van der Waals surface area contributed by atoms with Crippen LogP contribution < -0.4 is 5.32 Å². The topological polar surface area (TPSA) is 89.3 Å². The molecule has 4 amide bonds. The molecule has 9 heteroatoms. The maximum Gasteiger partial charge on any atom is 0.332 e. The predicted octanol–water partition coefficient (Wildman–Crippen LogP) is 5.55. The van der Waals surface area contributed by atoms with Gasteiger partial charge in [0.05, 0.1) is 19.4 Å². The first-order valence-corrected chi connectivity index (χ1v) is 15.8. The van der Waals surface area contributed by atoms with Crippen molar-refractivity contribution < 1.29 is 18.8 Å². The van der Waals surface area contributed by atoms with E-state index in [4.69, 9.17) is 4.42 Å².